The zero-order valence-corrected chi connectivity index (χ0v) is 21.6. The topological polar surface area (TPSA) is 95.9 Å². The van der Waals surface area contributed by atoms with Gasteiger partial charge in [-0.15, -0.1) is 0 Å². The maximum Gasteiger partial charge on any atom is 0.303 e. The first-order valence-corrected chi connectivity index (χ1v) is 12.8. The van der Waals surface area contributed by atoms with Crippen molar-refractivity contribution in [2.75, 3.05) is 17.3 Å². The smallest absolute Gasteiger partial charge is 0.303 e. The zero-order chi connectivity index (χ0) is 26.8. The van der Waals surface area contributed by atoms with Crippen molar-refractivity contribution in [2.24, 2.45) is 0 Å². The monoisotopic (exact) mass is 530 g/mol. The molecule has 0 saturated carbocycles. The Hall–Kier alpha value is -4.10. The second-order valence-corrected chi connectivity index (χ2v) is 9.88. The normalized spacial score (nSPS) is 18.7. The van der Waals surface area contributed by atoms with E-state index in [4.69, 9.17) is 16.3 Å². The SMILES string of the molecule is COc1ccc([C@@H]2C3=C(C[C@H](c4ccc(Cl)cc4)CC3=O)Nc3ccccc3N2C(=O)CCC(=O)O)cc1. The standard InChI is InChI=1S/C30H27ClN2O5/c1-38-22-12-8-19(9-13-22)30-29-24(16-20(17-26(29)34)18-6-10-21(31)11-7-18)32-23-4-2-3-5-25(23)33(30)27(35)14-15-28(36)37/h2-13,20,30,32H,14-17H2,1H3,(H,36,37)/t20-,30+/m0/s1. The van der Waals surface area contributed by atoms with Crippen molar-refractivity contribution < 1.29 is 24.2 Å². The molecule has 0 bridgehead atoms. The number of anilines is 2. The van der Waals surface area contributed by atoms with Gasteiger partial charge in [-0.25, -0.2) is 0 Å². The number of methoxy groups -OCH3 is 1. The summed E-state index contributed by atoms with van der Waals surface area (Å²) >= 11 is 6.10. The van der Waals surface area contributed by atoms with Crippen LogP contribution in [0.3, 0.4) is 0 Å². The molecule has 3 aromatic carbocycles. The average molecular weight is 531 g/mol. The molecule has 194 valence electrons. The van der Waals surface area contributed by atoms with Crippen LogP contribution in [-0.4, -0.2) is 29.9 Å². The molecule has 0 saturated heterocycles. The molecule has 0 aromatic heterocycles. The van der Waals surface area contributed by atoms with Crippen molar-refractivity contribution in [3.63, 3.8) is 0 Å². The highest BCUT2D eigenvalue weighted by Crippen LogP contribution is 2.47. The van der Waals surface area contributed by atoms with E-state index in [1.54, 1.807) is 24.1 Å². The molecule has 0 fully saturated rings. The summed E-state index contributed by atoms with van der Waals surface area (Å²) in [6.45, 7) is 0. The van der Waals surface area contributed by atoms with Gasteiger partial charge in [-0.2, -0.15) is 0 Å². The molecule has 0 spiro atoms. The van der Waals surface area contributed by atoms with Crippen LogP contribution < -0.4 is 15.0 Å². The molecule has 3 aromatic rings. The predicted molar refractivity (Wildman–Crippen MR) is 146 cm³/mol. The van der Waals surface area contributed by atoms with Crippen LogP contribution in [0.2, 0.25) is 5.02 Å². The molecule has 1 aliphatic heterocycles. The fraction of sp³-hybridized carbons (Fsp3) is 0.233. The highest BCUT2D eigenvalue weighted by atomic mass is 35.5. The molecule has 1 amide bonds. The number of halogens is 1. The van der Waals surface area contributed by atoms with Gasteiger partial charge >= 0.3 is 5.97 Å². The second-order valence-electron chi connectivity index (χ2n) is 9.45. The minimum atomic E-state index is -1.06. The van der Waals surface area contributed by atoms with Gasteiger partial charge in [-0.05, 0) is 59.9 Å². The van der Waals surface area contributed by atoms with E-state index in [0.717, 1.165) is 16.8 Å². The van der Waals surface area contributed by atoms with Gasteiger partial charge in [0.05, 0.1) is 30.9 Å². The summed E-state index contributed by atoms with van der Waals surface area (Å²) in [5.74, 6) is -0.896. The molecule has 5 rings (SSSR count). The van der Waals surface area contributed by atoms with Crippen LogP contribution in [-0.2, 0) is 14.4 Å². The third-order valence-electron chi connectivity index (χ3n) is 7.08. The summed E-state index contributed by atoms with van der Waals surface area (Å²) in [6.07, 6.45) is 0.350. The highest BCUT2D eigenvalue weighted by molar-refractivity contribution is 6.30. The Labute approximate surface area is 225 Å². The number of carboxylic acids is 1. The average Bonchev–Trinajstić information content (AvgIpc) is 3.07. The van der Waals surface area contributed by atoms with Crippen molar-refractivity contribution in [1.82, 2.24) is 0 Å². The van der Waals surface area contributed by atoms with Gasteiger partial charge in [-0.3, -0.25) is 19.3 Å². The number of ether oxygens (including phenoxy) is 1. The lowest BCUT2D eigenvalue weighted by Gasteiger charge is -2.35. The number of carbonyl (C=O) groups excluding carboxylic acids is 2. The molecule has 2 N–H and O–H groups in total. The Morgan fingerprint density at radius 1 is 0.974 bits per heavy atom. The van der Waals surface area contributed by atoms with Crippen molar-refractivity contribution in [1.29, 1.82) is 0 Å². The number of aliphatic carboxylic acids is 1. The number of carboxylic acid groups (broad SMARTS) is 1. The fourth-order valence-electron chi connectivity index (χ4n) is 5.27. The first-order valence-electron chi connectivity index (χ1n) is 12.4. The minimum absolute atomic E-state index is 0.0519. The van der Waals surface area contributed by atoms with Crippen molar-refractivity contribution in [2.45, 2.75) is 37.6 Å². The quantitative estimate of drug-likeness (QED) is 0.399. The van der Waals surface area contributed by atoms with Crippen LogP contribution in [0.1, 0.15) is 48.8 Å². The lowest BCUT2D eigenvalue weighted by molar-refractivity contribution is -0.138. The molecule has 0 unspecified atom stereocenters. The van der Waals surface area contributed by atoms with Gasteiger partial charge in [0, 0.05) is 29.1 Å². The predicted octanol–water partition coefficient (Wildman–Crippen LogP) is 6.11. The first kappa shape index (κ1) is 25.5. The number of para-hydroxylation sites is 2. The van der Waals surface area contributed by atoms with Gasteiger partial charge in [-0.1, -0.05) is 48.0 Å². The molecule has 2 atom stereocenters. The number of amides is 1. The van der Waals surface area contributed by atoms with E-state index < -0.39 is 12.0 Å². The van der Waals surface area contributed by atoms with E-state index in [-0.39, 0.29) is 36.9 Å². The summed E-state index contributed by atoms with van der Waals surface area (Å²) in [7, 11) is 1.57. The lowest BCUT2D eigenvalue weighted by atomic mass is 9.78. The Morgan fingerprint density at radius 2 is 1.66 bits per heavy atom. The Balaban J connectivity index is 1.67. The summed E-state index contributed by atoms with van der Waals surface area (Å²) in [5.41, 5.74) is 4.30. The molecule has 2 aliphatic rings. The van der Waals surface area contributed by atoms with Crippen molar-refractivity contribution in [3.05, 3.63) is 100 Å². The van der Waals surface area contributed by atoms with Crippen LogP contribution in [0.15, 0.2) is 84.1 Å². The third kappa shape index (κ3) is 5.02. The van der Waals surface area contributed by atoms with Gasteiger partial charge in [0.1, 0.15) is 5.75 Å². The number of rotatable bonds is 6. The lowest BCUT2D eigenvalue weighted by Crippen LogP contribution is -2.38. The van der Waals surface area contributed by atoms with Crippen molar-refractivity contribution >= 4 is 40.6 Å². The van der Waals surface area contributed by atoms with E-state index in [2.05, 4.69) is 5.32 Å². The van der Waals surface area contributed by atoms with Crippen molar-refractivity contribution in [3.8, 4) is 5.75 Å². The van der Waals surface area contributed by atoms with Crippen LogP contribution in [0.25, 0.3) is 0 Å². The number of Topliss-reactive ketones (excluding diaryl/α,β-unsaturated/α-hetero) is 1. The Bertz CT molecular complexity index is 1420. The molecular weight excluding hydrogens is 504 g/mol. The first-order chi connectivity index (χ1) is 18.4. The van der Waals surface area contributed by atoms with E-state index in [1.165, 1.54) is 0 Å². The molecule has 1 aliphatic carbocycles. The Kier molecular flexibility index (Phi) is 7.20. The van der Waals surface area contributed by atoms with E-state index in [9.17, 15) is 19.5 Å². The van der Waals surface area contributed by atoms with Gasteiger partial charge in [0.25, 0.3) is 0 Å². The van der Waals surface area contributed by atoms with E-state index >= 15 is 0 Å². The number of nitrogens with zero attached hydrogens (tertiary/aromatic N) is 1. The molecule has 0 radical (unpaired) electrons. The summed E-state index contributed by atoms with van der Waals surface area (Å²) < 4.78 is 5.33. The van der Waals surface area contributed by atoms with Gasteiger partial charge < -0.3 is 15.2 Å². The number of benzene rings is 3. The van der Waals surface area contributed by atoms with Gasteiger partial charge in [0.15, 0.2) is 5.78 Å². The molecular formula is C30H27ClN2O5. The Morgan fingerprint density at radius 3 is 2.34 bits per heavy atom. The van der Waals surface area contributed by atoms with Gasteiger partial charge in [0.2, 0.25) is 5.91 Å². The summed E-state index contributed by atoms with van der Waals surface area (Å²) in [6, 6.07) is 21.5. The zero-order valence-electron chi connectivity index (χ0n) is 20.8. The largest absolute Gasteiger partial charge is 0.497 e. The third-order valence-corrected chi connectivity index (χ3v) is 7.33. The number of allylic oxidation sites excluding steroid dienone is 1. The van der Waals surface area contributed by atoms with E-state index in [1.807, 2.05) is 60.7 Å². The molecule has 1 heterocycles. The maximum atomic E-state index is 13.9. The van der Waals surface area contributed by atoms with Crippen LogP contribution in [0.4, 0.5) is 11.4 Å². The number of carbonyl (C=O) groups is 3. The number of ketones is 1. The van der Waals surface area contributed by atoms with Crippen LogP contribution in [0.5, 0.6) is 5.75 Å². The second kappa shape index (κ2) is 10.7. The van der Waals surface area contributed by atoms with Crippen LogP contribution >= 0.6 is 11.6 Å². The number of hydrogen-bond donors (Lipinski definition) is 2. The van der Waals surface area contributed by atoms with Crippen LogP contribution in [0, 0.1) is 0 Å². The molecule has 7 nitrogen and oxygen atoms in total. The number of nitrogens with one attached hydrogen (secondary N) is 1. The summed E-state index contributed by atoms with van der Waals surface area (Å²) in [4.78, 5) is 40.5. The number of fused-ring (bicyclic) bond motifs is 1. The maximum absolute atomic E-state index is 13.9. The fourth-order valence-corrected chi connectivity index (χ4v) is 5.40. The minimum Gasteiger partial charge on any atom is -0.497 e. The summed E-state index contributed by atoms with van der Waals surface area (Å²) in [5, 5.41) is 13.4. The highest BCUT2D eigenvalue weighted by Gasteiger charge is 2.41. The molecule has 8 heteroatoms. The molecule has 38 heavy (non-hydrogen) atoms. The van der Waals surface area contributed by atoms with E-state index in [0.29, 0.717) is 34.1 Å². The number of hydrogen-bond acceptors (Lipinski definition) is 5.